The number of allylic oxidation sites excluding steroid dienone is 1. The van der Waals surface area contributed by atoms with Crippen LogP contribution in [0.1, 0.15) is 41.0 Å². The Morgan fingerprint density at radius 1 is 1.47 bits per heavy atom. The van der Waals surface area contributed by atoms with Crippen molar-refractivity contribution in [1.82, 2.24) is 4.90 Å². The molecule has 4 heteroatoms. The van der Waals surface area contributed by atoms with E-state index in [0.29, 0.717) is 6.42 Å². The molecule has 0 spiro atoms. The van der Waals surface area contributed by atoms with Crippen molar-refractivity contribution >= 4 is 11.9 Å². The molecular formula is C13H21NO3. The molecule has 1 saturated heterocycles. The van der Waals surface area contributed by atoms with Gasteiger partial charge >= 0.3 is 6.09 Å². The first-order chi connectivity index (χ1) is 7.70. The Balaban J connectivity index is 2.58. The molecule has 0 N–H and O–H groups in total. The average molecular weight is 239 g/mol. The number of likely N-dealkylation sites (tertiary alicyclic amines) is 1. The zero-order valence-electron chi connectivity index (χ0n) is 11.2. The van der Waals surface area contributed by atoms with Crippen LogP contribution in [0, 0.1) is 0 Å². The lowest BCUT2D eigenvalue weighted by Crippen LogP contribution is -2.60. The first kappa shape index (κ1) is 13.7. The van der Waals surface area contributed by atoms with Gasteiger partial charge in [-0.25, -0.2) is 4.79 Å². The van der Waals surface area contributed by atoms with Gasteiger partial charge in [-0.3, -0.25) is 9.69 Å². The van der Waals surface area contributed by atoms with Crippen LogP contribution in [0.25, 0.3) is 0 Å². The highest BCUT2D eigenvalue weighted by Gasteiger charge is 2.41. The van der Waals surface area contributed by atoms with Crippen LogP contribution in [0.2, 0.25) is 0 Å². The molecule has 17 heavy (non-hydrogen) atoms. The van der Waals surface area contributed by atoms with Crippen molar-refractivity contribution in [1.29, 1.82) is 0 Å². The monoisotopic (exact) mass is 239 g/mol. The first-order valence-electron chi connectivity index (χ1n) is 5.86. The van der Waals surface area contributed by atoms with Crippen LogP contribution in [0.15, 0.2) is 11.6 Å². The second kappa shape index (κ2) is 4.90. The first-order valence-corrected chi connectivity index (χ1v) is 5.86. The van der Waals surface area contributed by atoms with Crippen LogP contribution in [-0.4, -0.2) is 35.0 Å². The molecular weight excluding hydrogens is 218 g/mol. The number of hydrogen-bond donors (Lipinski definition) is 0. The minimum Gasteiger partial charge on any atom is -0.444 e. The molecule has 0 aliphatic carbocycles. The summed E-state index contributed by atoms with van der Waals surface area (Å²) in [5.74, 6) is 0.105. The van der Waals surface area contributed by atoms with Gasteiger partial charge in [0.05, 0.1) is 12.6 Å². The number of hydrogen-bond acceptors (Lipinski definition) is 3. The van der Waals surface area contributed by atoms with Crippen LogP contribution in [0.3, 0.4) is 0 Å². The van der Waals surface area contributed by atoms with E-state index in [0.717, 1.165) is 5.57 Å². The van der Waals surface area contributed by atoms with Gasteiger partial charge in [-0.15, -0.1) is 0 Å². The molecule has 0 bridgehead atoms. The van der Waals surface area contributed by atoms with Crippen molar-refractivity contribution < 1.29 is 14.3 Å². The largest absolute Gasteiger partial charge is 0.444 e. The molecule has 0 aromatic carbocycles. The summed E-state index contributed by atoms with van der Waals surface area (Å²) in [5, 5.41) is 0. The molecule has 1 rings (SSSR count). The maximum Gasteiger partial charge on any atom is 0.411 e. The number of ether oxygens (including phenoxy) is 1. The zero-order valence-corrected chi connectivity index (χ0v) is 11.2. The molecule has 96 valence electrons. The third-order valence-electron chi connectivity index (χ3n) is 2.45. The van der Waals surface area contributed by atoms with Crippen LogP contribution in [0.4, 0.5) is 4.79 Å². The van der Waals surface area contributed by atoms with Crippen molar-refractivity contribution in [3.63, 3.8) is 0 Å². The third kappa shape index (κ3) is 3.88. The molecule has 1 amide bonds. The van der Waals surface area contributed by atoms with E-state index in [1.54, 1.807) is 0 Å². The summed E-state index contributed by atoms with van der Waals surface area (Å²) in [7, 11) is 0. The number of nitrogens with zero attached hydrogens (tertiary/aromatic N) is 1. The summed E-state index contributed by atoms with van der Waals surface area (Å²) in [6.45, 7) is 9.57. The Morgan fingerprint density at radius 3 is 2.47 bits per heavy atom. The van der Waals surface area contributed by atoms with Crippen molar-refractivity contribution in [2.24, 2.45) is 0 Å². The van der Waals surface area contributed by atoms with E-state index in [4.69, 9.17) is 4.74 Å². The van der Waals surface area contributed by atoms with Crippen molar-refractivity contribution in [2.45, 2.75) is 52.7 Å². The third-order valence-corrected chi connectivity index (χ3v) is 2.45. The van der Waals surface area contributed by atoms with Gasteiger partial charge in [-0.05, 0) is 41.0 Å². The summed E-state index contributed by atoms with van der Waals surface area (Å²) in [5.41, 5.74) is 0.630. The van der Waals surface area contributed by atoms with E-state index in [1.165, 1.54) is 4.90 Å². The van der Waals surface area contributed by atoms with Crippen molar-refractivity contribution in [2.75, 3.05) is 6.54 Å². The SMILES string of the molecule is CC(C)=CC[C@H]1C(=O)CN1C(=O)OC(C)(C)C. The molecule has 1 aliphatic heterocycles. The predicted molar refractivity (Wildman–Crippen MR) is 65.8 cm³/mol. The topological polar surface area (TPSA) is 46.6 Å². The molecule has 1 atom stereocenters. The summed E-state index contributed by atoms with van der Waals surface area (Å²) in [6, 6.07) is -0.334. The lowest BCUT2D eigenvalue weighted by Gasteiger charge is -2.39. The van der Waals surface area contributed by atoms with Gasteiger partial charge in [0.25, 0.3) is 0 Å². The number of carbonyl (C=O) groups excluding carboxylic acids is 2. The molecule has 0 radical (unpaired) electrons. The van der Waals surface area contributed by atoms with E-state index in [9.17, 15) is 9.59 Å². The lowest BCUT2D eigenvalue weighted by atomic mass is 9.98. The summed E-state index contributed by atoms with van der Waals surface area (Å²) in [4.78, 5) is 24.7. The number of Topliss-reactive ketones (excluding diaryl/α,β-unsaturated/α-hetero) is 1. The number of amides is 1. The Morgan fingerprint density at radius 2 is 2.06 bits per heavy atom. The van der Waals surface area contributed by atoms with Crippen LogP contribution < -0.4 is 0 Å². The van der Waals surface area contributed by atoms with Crippen LogP contribution >= 0.6 is 0 Å². The fraction of sp³-hybridized carbons (Fsp3) is 0.692. The van der Waals surface area contributed by atoms with Crippen LogP contribution in [0.5, 0.6) is 0 Å². The van der Waals surface area contributed by atoms with Gasteiger partial charge in [0.1, 0.15) is 5.60 Å². The summed E-state index contributed by atoms with van der Waals surface area (Å²) >= 11 is 0. The average Bonchev–Trinajstić information content (AvgIpc) is 2.10. The molecule has 0 aromatic heterocycles. The minimum absolute atomic E-state index is 0.105. The van der Waals surface area contributed by atoms with Crippen molar-refractivity contribution in [3.8, 4) is 0 Å². The minimum atomic E-state index is -0.517. The summed E-state index contributed by atoms with van der Waals surface area (Å²) < 4.78 is 5.24. The Kier molecular flexibility index (Phi) is 3.96. The lowest BCUT2D eigenvalue weighted by molar-refractivity contribution is -0.135. The Hall–Kier alpha value is -1.32. The maximum absolute atomic E-state index is 11.8. The molecule has 0 aromatic rings. The van der Waals surface area contributed by atoms with Crippen LogP contribution in [-0.2, 0) is 9.53 Å². The van der Waals surface area contributed by atoms with Gasteiger partial charge in [0.15, 0.2) is 5.78 Å². The molecule has 1 fully saturated rings. The highest BCUT2D eigenvalue weighted by atomic mass is 16.6. The maximum atomic E-state index is 11.8. The molecule has 1 aliphatic rings. The van der Waals surface area contributed by atoms with Gasteiger partial charge in [0.2, 0.25) is 0 Å². The second-order valence-corrected chi connectivity index (χ2v) is 5.61. The van der Waals surface area contributed by atoms with Gasteiger partial charge < -0.3 is 4.74 Å². The Labute approximate surface area is 103 Å². The van der Waals surface area contributed by atoms with Gasteiger partial charge in [0, 0.05) is 0 Å². The number of ketones is 1. The predicted octanol–water partition coefficient (Wildman–Crippen LogP) is 2.53. The molecule has 1 heterocycles. The standard InChI is InChI=1S/C13H21NO3/c1-9(2)6-7-10-11(15)8-14(10)12(16)17-13(3,4)5/h6,10H,7-8H2,1-5H3/t10-/m0/s1. The van der Waals surface area contributed by atoms with E-state index in [1.807, 2.05) is 40.7 Å². The fourth-order valence-corrected chi connectivity index (χ4v) is 1.56. The zero-order chi connectivity index (χ0) is 13.2. The molecule has 0 saturated carbocycles. The highest BCUT2D eigenvalue weighted by molar-refractivity contribution is 5.97. The Bertz CT molecular complexity index is 348. The smallest absolute Gasteiger partial charge is 0.411 e. The highest BCUT2D eigenvalue weighted by Crippen LogP contribution is 2.21. The van der Waals surface area contributed by atoms with Crippen molar-refractivity contribution in [3.05, 3.63) is 11.6 Å². The van der Waals surface area contributed by atoms with E-state index in [2.05, 4.69) is 0 Å². The fourth-order valence-electron chi connectivity index (χ4n) is 1.56. The summed E-state index contributed by atoms with van der Waals surface area (Å²) in [6.07, 6.45) is 2.16. The van der Waals surface area contributed by atoms with E-state index in [-0.39, 0.29) is 18.4 Å². The van der Waals surface area contributed by atoms with E-state index < -0.39 is 11.7 Å². The van der Waals surface area contributed by atoms with Gasteiger partial charge in [-0.1, -0.05) is 11.6 Å². The molecule has 0 unspecified atom stereocenters. The van der Waals surface area contributed by atoms with E-state index >= 15 is 0 Å². The van der Waals surface area contributed by atoms with Gasteiger partial charge in [-0.2, -0.15) is 0 Å². The number of rotatable bonds is 2. The second-order valence-electron chi connectivity index (χ2n) is 5.61. The quantitative estimate of drug-likeness (QED) is 0.696. The molecule has 4 nitrogen and oxygen atoms in total. The normalized spacial score (nSPS) is 19.7. The number of carbonyl (C=O) groups is 2.